The van der Waals surface area contributed by atoms with Gasteiger partial charge in [0.2, 0.25) is 0 Å². The summed E-state index contributed by atoms with van der Waals surface area (Å²) in [7, 11) is 0. The lowest BCUT2D eigenvalue weighted by atomic mass is 10.0. The third-order valence-corrected chi connectivity index (χ3v) is 4.08. The van der Waals surface area contributed by atoms with Crippen molar-refractivity contribution in [2.24, 2.45) is 0 Å². The normalized spacial score (nSPS) is 13.0. The van der Waals surface area contributed by atoms with E-state index >= 15 is 0 Å². The van der Waals surface area contributed by atoms with Gasteiger partial charge in [0.1, 0.15) is 11.9 Å². The quantitative estimate of drug-likeness (QED) is 0.716. The molecule has 3 nitrogen and oxygen atoms in total. The van der Waals surface area contributed by atoms with Gasteiger partial charge in [0.05, 0.1) is 17.5 Å². The molecule has 0 saturated carbocycles. The van der Waals surface area contributed by atoms with Crippen molar-refractivity contribution in [3.05, 3.63) is 76.7 Å². The molecule has 0 aliphatic rings. The molecule has 0 bridgehead atoms. The van der Waals surface area contributed by atoms with Crippen LogP contribution in [0.15, 0.2) is 48.7 Å². The van der Waals surface area contributed by atoms with E-state index in [-0.39, 0.29) is 0 Å². The molecule has 0 fully saturated rings. The maximum absolute atomic E-state index is 12.9. The van der Waals surface area contributed by atoms with Crippen LogP contribution >= 0.6 is 0 Å². The third kappa shape index (κ3) is 3.58. The van der Waals surface area contributed by atoms with Gasteiger partial charge in [-0.25, -0.2) is 4.98 Å². The van der Waals surface area contributed by atoms with Crippen LogP contribution in [0.1, 0.15) is 34.2 Å². The monoisotopic (exact) mass is 346 g/mol. The third-order valence-electron chi connectivity index (χ3n) is 4.08. The molecule has 0 radical (unpaired) electrons. The molecule has 3 rings (SSSR count). The lowest BCUT2D eigenvalue weighted by molar-refractivity contribution is -0.137. The van der Waals surface area contributed by atoms with Gasteiger partial charge in [-0.1, -0.05) is 35.9 Å². The molecule has 6 heteroatoms. The van der Waals surface area contributed by atoms with Gasteiger partial charge in [-0.15, -0.1) is 0 Å². The van der Waals surface area contributed by atoms with Crippen LogP contribution in [0, 0.1) is 13.8 Å². The first-order chi connectivity index (χ1) is 11.8. The molecule has 0 saturated heterocycles. The standard InChI is InChI=1S/C19H17F3N2O/c1-11-6-7-12(2)15(8-11)17(25)18-23-10-16(24-18)13-4-3-5-14(9-13)19(20,21)22/h3-10,17,25H,1-2H3,(H,23,24). The Morgan fingerprint density at radius 3 is 2.56 bits per heavy atom. The minimum atomic E-state index is -4.41. The number of aromatic nitrogens is 2. The summed E-state index contributed by atoms with van der Waals surface area (Å²) in [6.45, 7) is 3.81. The van der Waals surface area contributed by atoms with E-state index in [1.54, 1.807) is 6.07 Å². The lowest BCUT2D eigenvalue weighted by Gasteiger charge is -2.12. The van der Waals surface area contributed by atoms with E-state index in [1.807, 2.05) is 32.0 Å². The number of aliphatic hydroxyl groups is 1. The highest BCUT2D eigenvalue weighted by atomic mass is 19.4. The first-order valence-electron chi connectivity index (χ1n) is 7.73. The molecule has 1 aromatic heterocycles. The summed E-state index contributed by atoms with van der Waals surface area (Å²) >= 11 is 0. The Labute approximate surface area is 143 Å². The maximum Gasteiger partial charge on any atom is 0.416 e. The Morgan fingerprint density at radius 1 is 1.08 bits per heavy atom. The first kappa shape index (κ1) is 17.2. The predicted octanol–water partition coefficient (Wildman–Crippen LogP) is 4.79. The number of aromatic amines is 1. The van der Waals surface area contributed by atoms with Gasteiger partial charge >= 0.3 is 6.18 Å². The number of benzene rings is 2. The average molecular weight is 346 g/mol. The van der Waals surface area contributed by atoms with Gasteiger partial charge in [0.25, 0.3) is 0 Å². The fourth-order valence-corrected chi connectivity index (χ4v) is 2.69. The van der Waals surface area contributed by atoms with Crippen molar-refractivity contribution in [3.8, 4) is 11.3 Å². The largest absolute Gasteiger partial charge is 0.416 e. The van der Waals surface area contributed by atoms with Crippen LogP contribution < -0.4 is 0 Å². The zero-order valence-electron chi connectivity index (χ0n) is 13.7. The van der Waals surface area contributed by atoms with Crippen LogP contribution in [0.3, 0.4) is 0 Å². The Bertz CT molecular complexity index is 900. The molecule has 1 unspecified atom stereocenters. The van der Waals surface area contributed by atoms with Gasteiger partial charge in [-0.2, -0.15) is 13.2 Å². The van der Waals surface area contributed by atoms with Gasteiger partial charge in [-0.05, 0) is 37.1 Å². The summed E-state index contributed by atoms with van der Waals surface area (Å²) < 4.78 is 38.6. The smallest absolute Gasteiger partial charge is 0.380 e. The zero-order valence-corrected chi connectivity index (χ0v) is 13.7. The number of halogens is 3. The van der Waals surface area contributed by atoms with E-state index in [9.17, 15) is 18.3 Å². The van der Waals surface area contributed by atoms with Crippen molar-refractivity contribution in [3.63, 3.8) is 0 Å². The van der Waals surface area contributed by atoms with Crippen LogP contribution in [0.25, 0.3) is 11.3 Å². The van der Waals surface area contributed by atoms with E-state index in [0.717, 1.165) is 23.3 Å². The minimum Gasteiger partial charge on any atom is -0.380 e. The lowest BCUT2D eigenvalue weighted by Crippen LogP contribution is -2.05. The number of nitrogens with one attached hydrogen (secondary N) is 1. The van der Waals surface area contributed by atoms with Crippen molar-refractivity contribution in [1.82, 2.24) is 9.97 Å². The van der Waals surface area contributed by atoms with Crippen molar-refractivity contribution in [2.45, 2.75) is 26.1 Å². The van der Waals surface area contributed by atoms with Gasteiger partial charge in [-0.3, -0.25) is 0 Å². The Hall–Kier alpha value is -2.60. The highest BCUT2D eigenvalue weighted by Crippen LogP contribution is 2.32. The number of aryl methyl sites for hydroxylation is 2. The number of hydrogen-bond acceptors (Lipinski definition) is 2. The van der Waals surface area contributed by atoms with E-state index in [4.69, 9.17) is 0 Å². The second kappa shape index (κ2) is 6.37. The molecular formula is C19H17F3N2O. The van der Waals surface area contributed by atoms with E-state index < -0.39 is 17.8 Å². The van der Waals surface area contributed by atoms with Crippen LogP contribution in [0.4, 0.5) is 13.2 Å². The molecule has 25 heavy (non-hydrogen) atoms. The van der Waals surface area contributed by atoms with Crippen LogP contribution in [-0.2, 0) is 6.18 Å². The molecular weight excluding hydrogens is 329 g/mol. The second-order valence-corrected chi connectivity index (χ2v) is 6.02. The summed E-state index contributed by atoms with van der Waals surface area (Å²) in [6.07, 6.45) is -3.95. The zero-order chi connectivity index (χ0) is 18.2. The molecule has 0 aliphatic heterocycles. The highest BCUT2D eigenvalue weighted by Gasteiger charge is 2.30. The molecule has 130 valence electrons. The molecule has 1 heterocycles. The number of rotatable bonds is 3. The van der Waals surface area contributed by atoms with Crippen LogP contribution in [0.2, 0.25) is 0 Å². The molecule has 3 aromatic rings. The topological polar surface area (TPSA) is 48.9 Å². The highest BCUT2D eigenvalue weighted by molar-refractivity contribution is 5.60. The van der Waals surface area contributed by atoms with Crippen LogP contribution in [-0.4, -0.2) is 15.1 Å². The Balaban J connectivity index is 1.94. The molecule has 2 N–H and O–H groups in total. The summed E-state index contributed by atoms with van der Waals surface area (Å²) in [5.41, 5.74) is 2.69. The van der Waals surface area contributed by atoms with Crippen LogP contribution in [0.5, 0.6) is 0 Å². The van der Waals surface area contributed by atoms with E-state index in [0.29, 0.717) is 22.6 Å². The average Bonchev–Trinajstić information content (AvgIpc) is 3.06. The van der Waals surface area contributed by atoms with Crippen molar-refractivity contribution in [2.75, 3.05) is 0 Å². The Morgan fingerprint density at radius 2 is 1.84 bits per heavy atom. The van der Waals surface area contributed by atoms with E-state index in [1.165, 1.54) is 12.3 Å². The molecule has 0 amide bonds. The minimum absolute atomic E-state index is 0.293. The summed E-state index contributed by atoms with van der Waals surface area (Å²) in [5.74, 6) is 0.293. The number of alkyl halides is 3. The maximum atomic E-state index is 12.9. The second-order valence-electron chi connectivity index (χ2n) is 6.02. The fourth-order valence-electron chi connectivity index (χ4n) is 2.69. The predicted molar refractivity (Wildman–Crippen MR) is 89.0 cm³/mol. The molecule has 0 spiro atoms. The number of hydrogen-bond donors (Lipinski definition) is 2. The van der Waals surface area contributed by atoms with Crippen molar-refractivity contribution >= 4 is 0 Å². The van der Waals surface area contributed by atoms with Crippen molar-refractivity contribution in [1.29, 1.82) is 0 Å². The number of aliphatic hydroxyl groups excluding tert-OH is 1. The Kier molecular flexibility index (Phi) is 4.39. The molecule has 2 aromatic carbocycles. The van der Waals surface area contributed by atoms with Gasteiger partial charge in [0.15, 0.2) is 0 Å². The molecule has 1 atom stereocenters. The number of nitrogens with zero attached hydrogens (tertiary/aromatic N) is 1. The van der Waals surface area contributed by atoms with E-state index in [2.05, 4.69) is 9.97 Å². The number of H-pyrrole nitrogens is 1. The first-order valence-corrected chi connectivity index (χ1v) is 7.73. The van der Waals surface area contributed by atoms with Gasteiger partial charge in [0, 0.05) is 5.56 Å². The van der Waals surface area contributed by atoms with Crippen molar-refractivity contribution < 1.29 is 18.3 Å². The summed E-state index contributed by atoms with van der Waals surface area (Å²) in [6, 6.07) is 10.7. The fraction of sp³-hybridized carbons (Fsp3) is 0.211. The van der Waals surface area contributed by atoms with Gasteiger partial charge < -0.3 is 10.1 Å². The molecule has 0 aliphatic carbocycles. The number of imidazole rings is 1. The SMILES string of the molecule is Cc1ccc(C)c(C(O)c2ncc(-c3cccc(C(F)(F)F)c3)[nH]2)c1. The summed E-state index contributed by atoms with van der Waals surface area (Å²) in [5, 5.41) is 10.6. The summed E-state index contributed by atoms with van der Waals surface area (Å²) in [4.78, 5) is 7.07.